The topological polar surface area (TPSA) is 39.2 Å². The summed E-state index contributed by atoms with van der Waals surface area (Å²) in [6, 6.07) is 24.5. The molecule has 0 unspecified atom stereocenters. The Bertz CT molecular complexity index is 1060. The van der Waals surface area contributed by atoms with Gasteiger partial charge in [-0.2, -0.15) is 0 Å². The van der Waals surface area contributed by atoms with Gasteiger partial charge in [0.25, 0.3) is 0 Å². The molecule has 3 aromatic carbocycles. The summed E-state index contributed by atoms with van der Waals surface area (Å²) in [5.41, 5.74) is 12.2. The van der Waals surface area contributed by atoms with Crippen molar-refractivity contribution in [3.05, 3.63) is 89.7 Å². The average Bonchev–Trinajstić information content (AvgIpc) is 2.97. The molecule has 0 bridgehead atoms. The molecule has 1 heterocycles. The fraction of sp³-hybridized carbons (Fsp3) is 0.0435. The lowest BCUT2D eigenvalue weighted by atomic mass is 10.0. The number of aryl methyl sites for hydroxylation is 1. The van der Waals surface area contributed by atoms with Crippen molar-refractivity contribution in [2.45, 2.75) is 6.92 Å². The lowest BCUT2D eigenvalue weighted by Crippen LogP contribution is -1.87. The van der Waals surface area contributed by atoms with Gasteiger partial charge in [-0.25, -0.2) is 0 Å². The summed E-state index contributed by atoms with van der Waals surface area (Å²) in [5.74, 6) is 0.864. The van der Waals surface area contributed by atoms with E-state index in [4.69, 9.17) is 10.2 Å². The number of hydrogen-bond acceptors (Lipinski definition) is 2. The molecule has 2 N–H and O–H groups in total. The largest absolute Gasteiger partial charge is 0.456 e. The summed E-state index contributed by atoms with van der Waals surface area (Å²) >= 11 is 0. The van der Waals surface area contributed by atoms with E-state index in [1.807, 2.05) is 48.6 Å². The lowest BCUT2D eigenvalue weighted by molar-refractivity contribution is 0.601. The fourth-order valence-corrected chi connectivity index (χ4v) is 3.04. The SMILES string of the molecule is Cc1c(/C=C/c2ccccc2N)oc2ccc(-c3ccccc3)cc12. The van der Waals surface area contributed by atoms with Crippen LogP contribution < -0.4 is 5.73 Å². The van der Waals surface area contributed by atoms with E-state index in [1.54, 1.807) is 0 Å². The molecule has 0 radical (unpaired) electrons. The monoisotopic (exact) mass is 325 g/mol. The third-order valence-corrected chi connectivity index (χ3v) is 4.49. The van der Waals surface area contributed by atoms with Crippen LogP contribution in [0.25, 0.3) is 34.2 Å². The molecule has 0 aliphatic rings. The number of benzene rings is 3. The minimum atomic E-state index is 0.763. The Balaban J connectivity index is 1.74. The van der Waals surface area contributed by atoms with Crippen LogP contribution in [0.2, 0.25) is 0 Å². The predicted molar refractivity (Wildman–Crippen MR) is 106 cm³/mol. The van der Waals surface area contributed by atoms with Gasteiger partial charge in [-0.3, -0.25) is 0 Å². The molecule has 2 nitrogen and oxygen atoms in total. The maximum absolute atomic E-state index is 6.02. The van der Waals surface area contributed by atoms with Crippen LogP contribution in [0.3, 0.4) is 0 Å². The van der Waals surface area contributed by atoms with Crippen LogP contribution in [0.15, 0.2) is 77.2 Å². The first-order valence-corrected chi connectivity index (χ1v) is 8.33. The average molecular weight is 325 g/mol. The van der Waals surface area contributed by atoms with Crippen LogP contribution in [-0.2, 0) is 0 Å². The molecule has 4 aromatic rings. The smallest absolute Gasteiger partial charge is 0.135 e. The van der Waals surface area contributed by atoms with Gasteiger partial charge in [-0.15, -0.1) is 0 Å². The van der Waals surface area contributed by atoms with Crippen LogP contribution in [0.1, 0.15) is 16.9 Å². The quantitative estimate of drug-likeness (QED) is 0.458. The first kappa shape index (κ1) is 15.3. The molecule has 0 spiro atoms. The second-order valence-electron chi connectivity index (χ2n) is 6.13. The molecule has 122 valence electrons. The van der Waals surface area contributed by atoms with E-state index in [2.05, 4.69) is 43.3 Å². The second-order valence-corrected chi connectivity index (χ2v) is 6.13. The first-order valence-electron chi connectivity index (χ1n) is 8.33. The van der Waals surface area contributed by atoms with E-state index in [0.29, 0.717) is 0 Å². The second kappa shape index (κ2) is 6.33. The van der Waals surface area contributed by atoms with Gasteiger partial charge in [0.1, 0.15) is 11.3 Å². The van der Waals surface area contributed by atoms with E-state index in [0.717, 1.165) is 33.5 Å². The number of fused-ring (bicyclic) bond motifs is 1. The van der Waals surface area contributed by atoms with Gasteiger partial charge in [0.15, 0.2) is 0 Å². The van der Waals surface area contributed by atoms with Gasteiger partial charge in [0.2, 0.25) is 0 Å². The molecule has 2 heteroatoms. The lowest BCUT2D eigenvalue weighted by Gasteiger charge is -2.01. The highest BCUT2D eigenvalue weighted by Gasteiger charge is 2.09. The molecule has 1 aromatic heterocycles. The molecule has 0 fully saturated rings. The van der Waals surface area contributed by atoms with Crippen LogP contribution in [0.4, 0.5) is 5.69 Å². The standard InChI is InChI=1S/C23H19NO/c1-16-20-15-19(17-7-3-2-4-8-17)12-14-23(20)25-22(16)13-11-18-9-5-6-10-21(18)24/h2-15H,24H2,1H3/b13-11+. The summed E-state index contributed by atoms with van der Waals surface area (Å²) in [7, 11) is 0. The van der Waals surface area contributed by atoms with Crippen LogP contribution in [-0.4, -0.2) is 0 Å². The zero-order valence-corrected chi connectivity index (χ0v) is 14.1. The van der Waals surface area contributed by atoms with Crippen LogP contribution >= 0.6 is 0 Å². The van der Waals surface area contributed by atoms with Gasteiger partial charge in [0, 0.05) is 16.6 Å². The third-order valence-electron chi connectivity index (χ3n) is 4.49. The summed E-state index contributed by atoms with van der Waals surface area (Å²) in [4.78, 5) is 0. The Morgan fingerprint density at radius 3 is 2.36 bits per heavy atom. The molecular weight excluding hydrogens is 306 g/mol. The Hall–Kier alpha value is -3.26. The van der Waals surface area contributed by atoms with Gasteiger partial charge < -0.3 is 10.2 Å². The van der Waals surface area contributed by atoms with Crippen molar-refractivity contribution in [2.75, 3.05) is 5.73 Å². The summed E-state index contributed by atoms with van der Waals surface area (Å²) in [6.07, 6.45) is 3.99. The molecular formula is C23H19NO. The Labute approximate surface area is 147 Å². The highest BCUT2D eigenvalue weighted by atomic mass is 16.3. The molecule has 0 saturated heterocycles. The van der Waals surface area contributed by atoms with Crippen molar-refractivity contribution in [3.8, 4) is 11.1 Å². The summed E-state index contributed by atoms with van der Waals surface area (Å²) in [6.45, 7) is 2.09. The molecule has 0 amide bonds. The van der Waals surface area contributed by atoms with E-state index < -0.39 is 0 Å². The van der Waals surface area contributed by atoms with Crippen molar-refractivity contribution in [1.29, 1.82) is 0 Å². The maximum Gasteiger partial charge on any atom is 0.135 e. The number of anilines is 1. The predicted octanol–water partition coefficient (Wildman–Crippen LogP) is 6.16. The van der Waals surface area contributed by atoms with Gasteiger partial charge >= 0.3 is 0 Å². The maximum atomic E-state index is 6.02. The van der Waals surface area contributed by atoms with Crippen molar-refractivity contribution >= 4 is 28.8 Å². The normalized spacial score (nSPS) is 11.4. The number of nitrogen functional groups attached to an aromatic ring is 1. The first-order chi connectivity index (χ1) is 12.2. The summed E-state index contributed by atoms with van der Waals surface area (Å²) in [5, 5.41) is 1.14. The van der Waals surface area contributed by atoms with E-state index >= 15 is 0 Å². The zero-order valence-electron chi connectivity index (χ0n) is 14.1. The third kappa shape index (κ3) is 2.94. The van der Waals surface area contributed by atoms with E-state index in [9.17, 15) is 0 Å². The van der Waals surface area contributed by atoms with Crippen molar-refractivity contribution in [1.82, 2.24) is 0 Å². The van der Waals surface area contributed by atoms with Crippen LogP contribution in [0.5, 0.6) is 0 Å². The Kier molecular flexibility index (Phi) is 3.87. The molecule has 0 aliphatic heterocycles. The molecule has 4 rings (SSSR count). The number of rotatable bonds is 3. The van der Waals surface area contributed by atoms with Crippen LogP contribution in [0, 0.1) is 6.92 Å². The Morgan fingerprint density at radius 2 is 1.56 bits per heavy atom. The van der Waals surface area contributed by atoms with Gasteiger partial charge in [-0.1, -0.05) is 54.6 Å². The molecule has 0 aliphatic carbocycles. The molecule has 25 heavy (non-hydrogen) atoms. The highest BCUT2D eigenvalue weighted by Crippen LogP contribution is 2.31. The van der Waals surface area contributed by atoms with Crippen molar-refractivity contribution in [2.24, 2.45) is 0 Å². The molecule has 0 atom stereocenters. The summed E-state index contributed by atoms with van der Waals surface area (Å²) < 4.78 is 6.02. The van der Waals surface area contributed by atoms with E-state index in [-0.39, 0.29) is 0 Å². The number of nitrogens with two attached hydrogens (primary N) is 1. The van der Waals surface area contributed by atoms with E-state index in [1.165, 1.54) is 11.1 Å². The zero-order chi connectivity index (χ0) is 17.2. The number of para-hydroxylation sites is 1. The van der Waals surface area contributed by atoms with Crippen molar-refractivity contribution < 1.29 is 4.42 Å². The number of furan rings is 1. The van der Waals surface area contributed by atoms with Crippen molar-refractivity contribution in [3.63, 3.8) is 0 Å². The Morgan fingerprint density at radius 1 is 0.800 bits per heavy atom. The van der Waals surface area contributed by atoms with Gasteiger partial charge in [-0.05, 0) is 54.0 Å². The highest BCUT2D eigenvalue weighted by molar-refractivity contribution is 5.90. The minimum Gasteiger partial charge on any atom is -0.456 e. The fourth-order valence-electron chi connectivity index (χ4n) is 3.04. The molecule has 0 saturated carbocycles. The van der Waals surface area contributed by atoms with Gasteiger partial charge in [0.05, 0.1) is 0 Å². The number of hydrogen-bond donors (Lipinski definition) is 1. The minimum absolute atomic E-state index is 0.763.